The van der Waals surface area contributed by atoms with E-state index in [1.54, 1.807) is 0 Å². The van der Waals surface area contributed by atoms with E-state index in [-0.39, 0.29) is 0 Å². The van der Waals surface area contributed by atoms with Gasteiger partial charge in [0.2, 0.25) is 0 Å². The van der Waals surface area contributed by atoms with Crippen LogP contribution in [-0.2, 0) is 0 Å². The summed E-state index contributed by atoms with van der Waals surface area (Å²) in [5.74, 6) is 1.85. The molecule has 0 amide bonds. The predicted octanol–water partition coefficient (Wildman–Crippen LogP) is 11.9. The van der Waals surface area contributed by atoms with Crippen molar-refractivity contribution in [3.63, 3.8) is 0 Å². The highest BCUT2D eigenvalue weighted by Crippen LogP contribution is 2.44. The van der Waals surface area contributed by atoms with Crippen molar-refractivity contribution in [2.75, 3.05) is 0 Å². The van der Waals surface area contributed by atoms with Crippen LogP contribution in [-0.4, -0.2) is 15.0 Å². The van der Waals surface area contributed by atoms with Crippen LogP contribution in [0.1, 0.15) is 0 Å². The zero-order valence-corrected chi connectivity index (χ0v) is 26.3. The second kappa shape index (κ2) is 11.0. The standard InChI is InChI=1S/C45H27N3O/c1-2-13-30(14-3-1)40-36-18-9-8-17-33(36)27-38-41-37(19-10-20-39(41)49-42(38)40)45-47-43(34-23-21-28-11-4-6-15-31(28)25-34)46-44(48-45)35-24-22-29-12-5-7-16-32(29)26-35/h1-27H. The molecule has 10 rings (SSSR count). The van der Waals surface area contributed by atoms with Crippen LogP contribution in [0.15, 0.2) is 168 Å². The Morgan fingerprint density at radius 3 is 1.61 bits per heavy atom. The number of nitrogens with zero attached hydrogens (tertiary/aromatic N) is 3. The summed E-state index contributed by atoms with van der Waals surface area (Å²) in [6.45, 7) is 0. The third-order valence-electron chi connectivity index (χ3n) is 9.46. The number of rotatable bonds is 4. The highest BCUT2D eigenvalue weighted by Gasteiger charge is 2.21. The second-order valence-corrected chi connectivity index (χ2v) is 12.4. The molecule has 0 spiro atoms. The lowest BCUT2D eigenvalue weighted by atomic mass is 9.94. The van der Waals surface area contributed by atoms with Crippen molar-refractivity contribution in [1.82, 2.24) is 15.0 Å². The molecule has 0 unspecified atom stereocenters. The fourth-order valence-corrected chi connectivity index (χ4v) is 7.11. The first kappa shape index (κ1) is 27.5. The van der Waals surface area contributed by atoms with Crippen molar-refractivity contribution >= 4 is 54.3 Å². The molecule has 2 heterocycles. The minimum atomic E-state index is 0.601. The largest absolute Gasteiger partial charge is 0.455 e. The maximum Gasteiger partial charge on any atom is 0.164 e. The van der Waals surface area contributed by atoms with Crippen molar-refractivity contribution < 1.29 is 4.42 Å². The molecule has 228 valence electrons. The van der Waals surface area contributed by atoms with Crippen LogP contribution < -0.4 is 0 Å². The van der Waals surface area contributed by atoms with Crippen LogP contribution in [0.3, 0.4) is 0 Å². The molecule has 0 radical (unpaired) electrons. The van der Waals surface area contributed by atoms with Crippen molar-refractivity contribution in [3.05, 3.63) is 164 Å². The molecule has 4 heteroatoms. The van der Waals surface area contributed by atoms with Gasteiger partial charge in [0.25, 0.3) is 0 Å². The van der Waals surface area contributed by atoms with Crippen molar-refractivity contribution in [3.8, 4) is 45.3 Å². The Labute approximate surface area is 282 Å². The first-order valence-electron chi connectivity index (χ1n) is 16.4. The summed E-state index contributed by atoms with van der Waals surface area (Å²) in [6.07, 6.45) is 0. The van der Waals surface area contributed by atoms with Crippen molar-refractivity contribution in [2.45, 2.75) is 0 Å². The van der Waals surface area contributed by atoms with Gasteiger partial charge in [-0.3, -0.25) is 0 Å². The van der Waals surface area contributed by atoms with Gasteiger partial charge < -0.3 is 4.42 Å². The Morgan fingerprint density at radius 2 is 0.939 bits per heavy atom. The number of hydrogen-bond acceptors (Lipinski definition) is 4. The van der Waals surface area contributed by atoms with E-state index in [9.17, 15) is 0 Å². The molecule has 0 saturated carbocycles. The third kappa shape index (κ3) is 4.57. The lowest BCUT2D eigenvalue weighted by Gasteiger charge is -2.11. The smallest absolute Gasteiger partial charge is 0.164 e. The number of aromatic nitrogens is 3. The molecule has 0 bridgehead atoms. The molecular weight excluding hydrogens is 599 g/mol. The summed E-state index contributed by atoms with van der Waals surface area (Å²) < 4.78 is 6.76. The average molecular weight is 626 g/mol. The maximum atomic E-state index is 6.76. The van der Waals surface area contributed by atoms with Crippen LogP contribution >= 0.6 is 0 Å². The summed E-state index contributed by atoms with van der Waals surface area (Å²) in [4.78, 5) is 15.5. The van der Waals surface area contributed by atoms with Gasteiger partial charge in [0.15, 0.2) is 17.5 Å². The fourth-order valence-electron chi connectivity index (χ4n) is 7.11. The number of fused-ring (bicyclic) bond motifs is 6. The summed E-state index contributed by atoms with van der Waals surface area (Å²) >= 11 is 0. The molecule has 0 atom stereocenters. The molecule has 0 saturated heterocycles. The highest BCUT2D eigenvalue weighted by atomic mass is 16.3. The molecule has 8 aromatic carbocycles. The average Bonchev–Trinajstić information content (AvgIpc) is 3.55. The first-order valence-corrected chi connectivity index (χ1v) is 16.4. The van der Waals surface area contributed by atoms with E-state index in [0.29, 0.717) is 17.5 Å². The lowest BCUT2D eigenvalue weighted by Crippen LogP contribution is -2.00. The Kier molecular flexibility index (Phi) is 6.15. The zero-order valence-electron chi connectivity index (χ0n) is 26.3. The van der Waals surface area contributed by atoms with E-state index >= 15 is 0 Å². The van der Waals surface area contributed by atoms with Gasteiger partial charge in [-0.25, -0.2) is 15.0 Å². The van der Waals surface area contributed by atoms with E-state index in [4.69, 9.17) is 19.4 Å². The van der Waals surface area contributed by atoms with E-state index < -0.39 is 0 Å². The molecule has 49 heavy (non-hydrogen) atoms. The topological polar surface area (TPSA) is 51.8 Å². The number of hydrogen-bond donors (Lipinski definition) is 0. The summed E-state index contributed by atoms with van der Waals surface area (Å²) in [6, 6.07) is 56.9. The van der Waals surface area contributed by atoms with E-state index in [0.717, 1.165) is 71.3 Å². The number of benzene rings is 8. The SMILES string of the molecule is c1ccc(-c2c3ccccc3cc3c2oc2cccc(-c4nc(-c5ccc6ccccc6c5)nc(-c5ccc6ccccc6c5)n4)c23)cc1. The highest BCUT2D eigenvalue weighted by molar-refractivity contribution is 6.21. The van der Waals surface area contributed by atoms with E-state index in [1.807, 2.05) is 18.2 Å². The fraction of sp³-hybridized carbons (Fsp3) is 0. The molecule has 0 aliphatic rings. The Balaban J connectivity index is 1.26. The summed E-state index contributed by atoms with van der Waals surface area (Å²) in [7, 11) is 0. The van der Waals surface area contributed by atoms with Gasteiger partial charge in [-0.15, -0.1) is 0 Å². The van der Waals surface area contributed by atoms with Crippen molar-refractivity contribution in [2.24, 2.45) is 0 Å². The second-order valence-electron chi connectivity index (χ2n) is 12.4. The van der Waals surface area contributed by atoms with Crippen LogP contribution in [0, 0.1) is 0 Å². The Morgan fingerprint density at radius 1 is 0.367 bits per heavy atom. The van der Waals surface area contributed by atoms with Crippen LogP contribution in [0.2, 0.25) is 0 Å². The van der Waals surface area contributed by atoms with Gasteiger partial charge >= 0.3 is 0 Å². The Bertz CT molecular complexity index is 2790. The predicted molar refractivity (Wildman–Crippen MR) is 201 cm³/mol. The van der Waals surface area contributed by atoms with Crippen molar-refractivity contribution in [1.29, 1.82) is 0 Å². The quantitative estimate of drug-likeness (QED) is 0.195. The molecule has 10 aromatic rings. The van der Waals surface area contributed by atoms with Crippen LogP contribution in [0.5, 0.6) is 0 Å². The lowest BCUT2D eigenvalue weighted by molar-refractivity contribution is 0.670. The van der Waals surface area contributed by atoms with E-state index in [1.165, 1.54) is 10.8 Å². The maximum absolute atomic E-state index is 6.76. The Hall–Kier alpha value is -6.65. The molecule has 0 N–H and O–H groups in total. The van der Waals surface area contributed by atoms with Gasteiger partial charge in [0, 0.05) is 33.0 Å². The zero-order chi connectivity index (χ0) is 32.3. The van der Waals surface area contributed by atoms with Gasteiger partial charge in [-0.2, -0.15) is 0 Å². The normalized spacial score (nSPS) is 11.7. The molecule has 0 aliphatic heterocycles. The molecule has 0 fully saturated rings. The monoisotopic (exact) mass is 625 g/mol. The van der Waals surface area contributed by atoms with E-state index in [2.05, 4.69) is 146 Å². The molecule has 2 aromatic heterocycles. The minimum Gasteiger partial charge on any atom is -0.455 e. The molecule has 4 nitrogen and oxygen atoms in total. The van der Waals surface area contributed by atoms with Gasteiger partial charge in [-0.1, -0.05) is 140 Å². The molecule has 0 aliphatic carbocycles. The summed E-state index contributed by atoms with van der Waals surface area (Å²) in [5.41, 5.74) is 6.61. The van der Waals surface area contributed by atoms with Gasteiger partial charge in [0.05, 0.1) is 0 Å². The summed E-state index contributed by atoms with van der Waals surface area (Å²) in [5, 5.41) is 8.94. The first-order chi connectivity index (χ1) is 24.3. The molecular formula is C45H27N3O. The van der Waals surface area contributed by atoms with Crippen LogP contribution in [0.4, 0.5) is 0 Å². The minimum absolute atomic E-state index is 0.601. The van der Waals surface area contributed by atoms with Gasteiger partial charge in [0.1, 0.15) is 11.2 Å². The van der Waals surface area contributed by atoms with Gasteiger partial charge in [-0.05, 0) is 62.1 Å². The number of furan rings is 1. The third-order valence-corrected chi connectivity index (χ3v) is 9.46. The van der Waals surface area contributed by atoms with Crippen LogP contribution in [0.25, 0.3) is 99.5 Å².